The van der Waals surface area contributed by atoms with Crippen molar-refractivity contribution in [1.29, 1.82) is 0 Å². The third-order valence-corrected chi connectivity index (χ3v) is 7.72. The molecule has 0 bridgehead atoms. The summed E-state index contributed by atoms with van der Waals surface area (Å²) < 4.78 is 27.9. The number of carbonyl (C=O) groups excluding carboxylic acids is 1. The highest BCUT2D eigenvalue weighted by Gasteiger charge is 2.39. The number of rotatable bonds is 9. The number of hydroxylamine groups is 1. The molecule has 3 aromatic rings. The Morgan fingerprint density at radius 3 is 2.27 bits per heavy atom. The largest absolute Gasteiger partial charge is 0.271 e. The van der Waals surface area contributed by atoms with Crippen LogP contribution in [0, 0.1) is 0 Å². The van der Waals surface area contributed by atoms with E-state index in [9.17, 15) is 13.2 Å². The van der Waals surface area contributed by atoms with Crippen molar-refractivity contribution in [2.45, 2.75) is 31.9 Å². The topological polar surface area (TPSA) is 75.7 Å². The van der Waals surface area contributed by atoms with Gasteiger partial charge in [0.1, 0.15) is 6.04 Å². The van der Waals surface area contributed by atoms with Crippen molar-refractivity contribution in [3.63, 3.8) is 0 Å². The van der Waals surface area contributed by atoms with Gasteiger partial charge in [0.15, 0.2) is 0 Å². The lowest BCUT2D eigenvalue weighted by atomic mass is 9.94. The molecule has 1 aliphatic heterocycles. The van der Waals surface area contributed by atoms with Crippen LogP contribution in [-0.4, -0.2) is 30.9 Å². The first kappa shape index (κ1) is 23.2. The molecule has 3 aromatic carbocycles. The molecular weight excluding hydrogens is 436 g/mol. The van der Waals surface area contributed by atoms with E-state index in [0.717, 1.165) is 16.7 Å². The molecule has 0 aliphatic carbocycles. The predicted molar refractivity (Wildman–Crippen MR) is 128 cm³/mol. The Hall–Kier alpha value is -3.00. The Morgan fingerprint density at radius 1 is 0.909 bits per heavy atom. The maximum absolute atomic E-state index is 13.3. The van der Waals surface area contributed by atoms with Crippen LogP contribution in [0.1, 0.15) is 34.7 Å². The van der Waals surface area contributed by atoms with E-state index in [1.807, 2.05) is 84.9 Å². The summed E-state index contributed by atoms with van der Waals surface area (Å²) in [6.45, 7) is 0.465. The average Bonchev–Trinajstić information content (AvgIpc) is 2.84. The zero-order chi connectivity index (χ0) is 23.1. The number of benzene rings is 3. The van der Waals surface area contributed by atoms with E-state index in [-0.39, 0.29) is 18.9 Å². The first-order valence-electron chi connectivity index (χ1n) is 11.1. The fourth-order valence-electron chi connectivity index (χ4n) is 4.16. The van der Waals surface area contributed by atoms with Gasteiger partial charge in [-0.05, 0) is 41.5 Å². The molecule has 0 radical (unpaired) electrons. The van der Waals surface area contributed by atoms with E-state index in [2.05, 4.69) is 5.48 Å². The number of hydrogen-bond donors (Lipinski definition) is 1. The first-order chi connectivity index (χ1) is 16.0. The van der Waals surface area contributed by atoms with Crippen molar-refractivity contribution in [1.82, 2.24) is 9.79 Å². The fourth-order valence-corrected chi connectivity index (χ4v) is 5.80. The van der Waals surface area contributed by atoms with E-state index in [4.69, 9.17) is 4.84 Å². The van der Waals surface area contributed by atoms with E-state index in [1.165, 1.54) is 4.31 Å². The zero-order valence-corrected chi connectivity index (χ0v) is 19.2. The van der Waals surface area contributed by atoms with Crippen LogP contribution in [0.4, 0.5) is 0 Å². The number of aryl methyl sites for hydroxylation is 1. The summed E-state index contributed by atoms with van der Waals surface area (Å²) in [6.07, 6.45) is 1.73. The van der Waals surface area contributed by atoms with Crippen molar-refractivity contribution < 1.29 is 18.0 Å². The summed E-state index contributed by atoms with van der Waals surface area (Å²) in [5.41, 5.74) is 6.18. The normalized spacial score (nSPS) is 16.2. The highest BCUT2D eigenvalue weighted by atomic mass is 32.2. The lowest BCUT2D eigenvalue weighted by molar-refractivity contribution is -0.139. The quantitative estimate of drug-likeness (QED) is 0.489. The lowest BCUT2D eigenvalue weighted by Gasteiger charge is -2.35. The molecule has 0 saturated carbocycles. The standard InChI is InChI=1S/C26H28N2O4S/c29-26(27-32-20-22-12-5-2-6-13-22)25-24-16-8-7-15-23(24)17-18-28(25)33(30,31)19-9-14-21-10-3-1-4-11-21/h1-8,10-13,15-16,25H,9,14,17-20H2,(H,27,29)/t25-/m1/s1. The van der Waals surface area contributed by atoms with Gasteiger partial charge in [0.25, 0.3) is 5.91 Å². The molecule has 1 amide bonds. The van der Waals surface area contributed by atoms with Crippen LogP contribution in [-0.2, 0) is 39.1 Å². The molecule has 0 saturated heterocycles. The Kier molecular flexibility index (Phi) is 7.54. The molecule has 0 aromatic heterocycles. The predicted octanol–water partition coefficient (Wildman–Crippen LogP) is 3.80. The summed E-state index contributed by atoms with van der Waals surface area (Å²) >= 11 is 0. The van der Waals surface area contributed by atoms with Crippen molar-refractivity contribution in [2.75, 3.05) is 12.3 Å². The number of nitrogens with one attached hydrogen (secondary N) is 1. The summed E-state index contributed by atoms with van der Waals surface area (Å²) in [5, 5.41) is 0. The number of hydrogen-bond acceptors (Lipinski definition) is 4. The van der Waals surface area contributed by atoms with Gasteiger partial charge in [-0.3, -0.25) is 9.63 Å². The van der Waals surface area contributed by atoms with Crippen molar-refractivity contribution in [2.24, 2.45) is 0 Å². The molecule has 1 aliphatic rings. The first-order valence-corrected chi connectivity index (χ1v) is 12.7. The molecule has 1 atom stereocenters. The number of nitrogens with zero attached hydrogens (tertiary/aromatic N) is 1. The number of fused-ring (bicyclic) bond motifs is 1. The van der Waals surface area contributed by atoms with Crippen LogP contribution in [0.5, 0.6) is 0 Å². The molecule has 0 spiro atoms. The van der Waals surface area contributed by atoms with Crippen LogP contribution in [0.3, 0.4) is 0 Å². The van der Waals surface area contributed by atoms with Gasteiger partial charge in [-0.2, -0.15) is 4.31 Å². The van der Waals surface area contributed by atoms with E-state index in [0.29, 0.717) is 24.8 Å². The molecule has 33 heavy (non-hydrogen) atoms. The Bertz CT molecular complexity index is 1170. The van der Waals surface area contributed by atoms with Crippen molar-refractivity contribution >= 4 is 15.9 Å². The summed E-state index contributed by atoms with van der Waals surface area (Å²) in [7, 11) is -3.65. The van der Waals surface area contributed by atoms with Crippen molar-refractivity contribution in [3.8, 4) is 0 Å². The number of sulfonamides is 1. The third kappa shape index (κ3) is 5.87. The molecule has 0 fully saturated rings. The van der Waals surface area contributed by atoms with Crippen LogP contribution in [0.15, 0.2) is 84.9 Å². The minimum Gasteiger partial charge on any atom is -0.271 e. The smallest absolute Gasteiger partial charge is 0.266 e. The minimum absolute atomic E-state index is 0.0152. The van der Waals surface area contributed by atoms with Crippen LogP contribution >= 0.6 is 0 Å². The second kappa shape index (κ2) is 10.7. The summed E-state index contributed by atoms with van der Waals surface area (Å²) in [6, 6.07) is 25.8. The summed E-state index contributed by atoms with van der Waals surface area (Å²) in [4.78, 5) is 18.6. The maximum Gasteiger partial charge on any atom is 0.266 e. The molecule has 0 unspecified atom stereocenters. The van der Waals surface area contributed by atoms with Gasteiger partial charge in [0.05, 0.1) is 12.4 Å². The molecular formula is C26H28N2O4S. The molecule has 1 heterocycles. The van der Waals surface area contributed by atoms with Gasteiger partial charge in [-0.25, -0.2) is 13.9 Å². The van der Waals surface area contributed by atoms with E-state index < -0.39 is 22.0 Å². The van der Waals surface area contributed by atoms with E-state index in [1.54, 1.807) is 0 Å². The van der Waals surface area contributed by atoms with Crippen LogP contribution in [0.25, 0.3) is 0 Å². The van der Waals surface area contributed by atoms with E-state index >= 15 is 0 Å². The lowest BCUT2D eigenvalue weighted by Crippen LogP contribution is -2.47. The molecule has 7 heteroatoms. The highest BCUT2D eigenvalue weighted by Crippen LogP contribution is 2.32. The Morgan fingerprint density at radius 2 is 1.55 bits per heavy atom. The second-order valence-corrected chi connectivity index (χ2v) is 10.1. The van der Waals surface area contributed by atoms with Gasteiger partial charge in [0, 0.05) is 6.54 Å². The Labute approximate surface area is 195 Å². The highest BCUT2D eigenvalue weighted by molar-refractivity contribution is 7.89. The van der Waals surface area contributed by atoms with Gasteiger partial charge in [-0.15, -0.1) is 0 Å². The SMILES string of the molecule is O=C(NOCc1ccccc1)[C@H]1c2ccccc2CCN1S(=O)(=O)CCCc1ccccc1. The molecule has 6 nitrogen and oxygen atoms in total. The Balaban J connectivity index is 1.47. The third-order valence-electron chi connectivity index (χ3n) is 5.81. The maximum atomic E-state index is 13.3. The number of carbonyl (C=O) groups is 1. The van der Waals surface area contributed by atoms with Gasteiger partial charge in [0.2, 0.25) is 10.0 Å². The summed E-state index contributed by atoms with van der Waals surface area (Å²) in [5.74, 6) is -0.497. The van der Waals surface area contributed by atoms with Gasteiger partial charge in [-0.1, -0.05) is 84.9 Å². The zero-order valence-electron chi connectivity index (χ0n) is 18.4. The number of amides is 1. The molecule has 1 N–H and O–H groups in total. The van der Waals surface area contributed by atoms with Gasteiger partial charge >= 0.3 is 0 Å². The minimum atomic E-state index is -3.65. The van der Waals surface area contributed by atoms with Gasteiger partial charge < -0.3 is 0 Å². The van der Waals surface area contributed by atoms with Crippen LogP contribution in [0.2, 0.25) is 0 Å². The fraction of sp³-hybridized carbons (Fsp3) is 0.269. The second-order valence-electron chi connectivity index (χ2n) is 8.11. The van der Waals surface area contributed by atoms with Crippen molar-refractivity contribution in [3.05, 3.63) is 107 Å². The average molecular weight is 465 g/mol. The molecule has 172 valence electrons. The monoisotopic (exact) mass is 464 g/mol. The molecule has 4 rings (SSSR count). The van der Waals surface area contributed by atoms with Crippen LogP contribution < -0.4 is 5.48 Å².